The molecule has 2 fully saturated rings. The van der Waals surface area contributed by atoms with Gasteiger partial charge in [0.25, 0.3) is 5.91 Å². The van der Waals surface area contributed by atoms with Crippen molar-refractivity contribution in [2.24, 2.45) is 5.41 Å². The van der Waals surface area contributed by atoms with Crippen LogP contribution in [-0.4, -0.2) is 46.8 Å². The number of aliphatic hydroxyl groups is 1. The highest BCUT2D eigenvalue weighted by atomic mass is 35.5. The number of aliphatic hydroxyl groups excluding tert-OH is 1. The molecule has 1 amide bonds. The zero-order chi connectivity index (χ0) is 19.1. The van der Waals surface area contributed by atoms with Crippen LogP contribution >= 0.6 is 11.6 Å². The smallest absolute Gasteiger partial charge is 0.255 e. The van der Waals surface area contributed by atoms with E-state index in [1.54, 1.807) is 4.90 Å². The molecule has 0 unspecified atom stereocenters. The molecule has 3 rings (SSSR count). The Bertz CT molecular complexity index is 680. The van der Waals surface area contributed by atoms with Crippen LogP contribution < -0.4 is 0 Å². The minimum atomic E-state index is -0.474. The van der Waals surface area contributed by atoms with Gasteiger partial charge in [-0.3, -0.25) is 4.79 Å². The van der Waals surface area contributed by atoms with Gasteiger partial charge in [-0.15, -0.1) is 0 Å². The lowest BCUT2D eigenvalue weighted by atomic mass is 9.76. The van der Waals surface area contributed by atoms with Gasteiger partial charge in [-0.25, -0.2) is 4.39 Å². The Balaban J connectivity index is 1.70. The van der Waals surface area contributed by atoms with Gasteiger partial charge < -0.3 is 14.7 Å². The Morgan fingerprint density at radius 1 is 1.35 bits per heavy atom. The number of nitrogens with zero attached hydrogens (tertiary/aromatic N) is 1. The van der Waals surface area contributed by atoms with Crippen LogP contribution in [0, 0.1) is 11.2 Å². The Morgan fingerprint density at radius 2 is 2.00 bits per heavy atom. The molecule has 1 spiro atoms. The number of carbonyl (C=O) groups excluding carboxylic acids is 1. The van der Waals surface area contributed by atoms with E-state index in [1.807, 2.05) is 0 Å². The first-order valence-electron chi connectivity index (χ1n) is 9.20. The van der Waals surface area contributed by atoms with E-state index in [1.165, 1.54) is 18.2 Å². The number of hydrogen-bond donors (Lipinski definition) is 1. The van der Waals surface area contributed by atoms with E-state index in [-0.39, 0.29) is 34.1 Å². The molecule has 2 aliphatic rings. The first-order chi connectivity index (χ1) is 12.1. The summed E-state index contributed by atoms with van der Waals surface area (Å²) in [7, 11) is 0. The maximum Gasteiger partial charge on any atom is 0.255 e. The van der Waals surface area contributed by atoms with Crippen molar-refractivity contribution in [1.29, 1.82) is 0 Å². The third-order valence-electron chi connectivity index (χ3n) is 5.57. The Kier molecular flexibility index (Phi) is 5.35. The Morgan fingerprint density at radius 3 is 2.62 bits per heavy atom. The highest BCUT2D eigenvalue weighted by molar-refractivity contribution is 6.33. The molecular weight excluding hydrogens is 357 g/mol. The van der Waals surface area contributed by atoms with Crippen LogP contribution in [-0.2, 0) is 4.74 Å². The minimum absolute atomic E-state index is 0.00818. The number of halogens is 2. The second kappa shape index (κ2) is 7.10. The fourth-order valence-electron chi connectivity index (χ4n) is 3.96. The Labute approximate surface area is 159 Å². The molecule has 2 aliphatic heterocycles. The van der Waals surface area contributed by atoms with Crippen molar-refractivity contribution in [3.63, 3.8) is 0 Å². The van der Waals surface area contributed by atoms with Crippen molar-refractivity contribution in [2.45, 2.75) is 64.3 Å². The van der Waals surface area contributed by atoms with E-state index in [9.17, 15) is 14.3 Å². The van der Waals surface area contributed by atoms with E-state index in [4.69, 9.17) is 16.3 Å². The predicted molar refractivity (Wildman–Crippen MR) is 98.8 cm³/mol. The van der Waals surface area contributed by atoms with Crippen molar-refractivity contribution in [3.05, 3.63) is 34.6 Å². The molecule has 2 saturated heterocycles. The van der Waals surface area contributed by atoms with Gasteiger partial charge in [-0.05, 0) is 36.5 Å². The fraction of sp³-hybridized carbons (Fsp3) is 0.650. The number of likely N-dealkylation sites (tertiary alicyclic amines) is 1. The zero-order valence-electron chi connectivity index (χ0n) is 15.6. The van der Waals surface area contributed by atoms with Crippen LogP contribution in [0.1, 0.15) is 56.8 Å². The van der Waals surface area contributed by atoms with Crippen molar-refractivity contribution in [1.82, 2.24) is 4.90 Å². The quantitative estimate of drug-likeness (QED) is 0.796. The van der Waals surface area contributed by atoms with Gasteiger partial charge in [0.05, 0.1) is 28.4 Å². The lowest BCUT2D eigenvalue weighted by Crippen LogP contribution is -2.55. The third kappa shape index (κ3) is 4.05. The van der Waals surface area contributed by atoms with E-state index in [0.717, 1.165) is 0 Å². The van der Waals surface area contributed by atoms with Crippen molar-refractivity contribution in [3.8, 4) is 0 Å². The van der Waals surface area contributed by atoms with Gasteiger partial charge >= 0.3 is 0 Å². The van der Waals surface area contributed by atoms with Crippen LogP contribution in [0.3, 0.4) is 0 Å². The summed E-state index contributed by atoms with van der Waals surface area (Å²) in [5, 5.41) is 10.6. The second-order valence-corrected chi connectivity index (χ2v) is 9.07. The van der Waals surface area contributed by atoms with E-state index in [2.05, 4.69) is 20.8 Å². The number of amides is 1. The van der Waals surface area contributed by atoms with Crippen molar-refractivity contribution >= 4 is 17.5 Å². The first kappa shape index (κ1) is 19.6. The summed E-state index contributed by atoms with van der Waals surface area (Å²) in [6.45, 7) is 7.38. The molecule has 0 radical (unpaired) electrons. The predicted octanol–water partition coefficient (Wildman–Crippen LogP) is 4.04. The van der Waals surface area contributed by atoms with Gasteiger partial charge in [0.15, 0.2) is 0 Å². The topological polar surface area (TPSA) is 49.8 Å². The summed E-state index contributed by atoms with van der Waals surface area (Å²) in [6, 6.07) is 3.84. The van der Waals surface area contributed by atoms with E-state index >= 15 is 0 Å². The molecule has 4 nitrogen and oxygen atoms in total. The minimum Gasteiger partial charge on any atom is -0.393 e. The number of ether oxygens (including phenoxy) is 1. The van der Waals surface area contributed by atoms with Crippen LogP contribution in [0.2, 0.25) is 5.02 Å². The van der Waals surface area contributed by atoms with Gasteiger partial charge in [0, 0.05) is 25.9 Å². The average molecular weight is 384 g/mol. The molecule has 2 heterocycles. The number of benzene rings is 1. The average Bonchev–Trinajstić information content (AvgIpc) is 2.56. The lowest BCUT2D eigenvalue weighted by Gasteiger charge is -2.50. The molecule has 6 heteroatoms. The van der Waals surface area contributed by atoms with Gasteiger partial charge in [-0.1, -0.05) is 32.4 Å². The van der Waals surface area contributed by atoms with Gasteiger partial charge in [0.2, 0.25) is 0 Å². The molecule has 144 valence electrons. The molecular formula is C20H27ClFNO3. The molecule has 0 aliphatic carbocycles. The molecule has 1 aromatic rings. The summed E-state index contributed by atoms with van der Waals surface area (Å²) < 4.78 is 19.9. The first-order valence-corrected chi connectivity index (χ1v) is 9.58. The summed E-state index contributed by atoms with van der Waals surface area (Å²) in [5.41, 5.74) is -0.242. The van der Waals surface area contributed by atoms with Crippen molar-refractivity contribution < 1.29 is 19.0 Å². The van der Waals surface area contributed by atoms with E-state index in [0.29, 0.717) is 38.8 Å². The summed E-state index contributed by atoms with van der Waals surface area (Å²) in [6.07, 6.45) is 2.18. The molecule has 1 aromatic carbocycles. The highest BCUT2D eigenvalue weighted by Gasteiger charge is 2.46. The number of carbonyl (C=O) groups is 1. The molecule has 0 bridgehead atoms. The molecule has 0 aromatic heterocycles. The largest absolute Gasteiger partial charge is 0.393 e. The van der Waals surface area contributed by atoms with Gasteiger partial charge in [-0.2, -0.15) is 0 Å². The molecule has 0 saturated carbocycles. The van der Waals surface area contributed by atoms with Crippen molar-refractivity contribution in [2.75, 3.05) is 13.1 Å². The van der Waals surface area contributed by atoms with Crippen LogP contribution in [0.15, 0.2) is 18.2 Å². The standard InChI is InChI=1S/C20H27ClFNO3/c1-19(2,3)17-11-14(24)12-20(26-17)6-8-23(9-7-20)18(25)15-10-13(22)4-5-16(15)21/h4-5,10,14,17,24H,6-9,11-12H2,1-3H3/t14-,17-/m1/s1. The van der Waals surface area contributed by atoms with Gasteiger partial charge in [0.1, 0.15) is 5.82 Å². The molecule has 2 atom stereocenters. The van der Waals surface area contributed by atoms with Crippen LogP contribution in [0.25, 0.3) is 0 Å². The highest BCUT2D eigenvalue weighted by Crippen LogP contribution is 2.42. The third-order valence-corrected chi connectivity index (χ3v) is 5.90. The normalized spacial score (nSPS) is 26.2. The number of piperidine rings is 1. The van der Waals surface area contributed by atoms with E-state index < -0.39 is 11.4 Å². The number of rotatable bonds is 1. The second-order valence-electron chi connectivity index (χ2n) is 8.67. The van der Waals surface area contributed by atoms with Crippen LogP contribution in [0.4, 0.5) is 4.39 Å². The summed E-state index contributed by atoms with van der Waals surface area (Å²) in [5.74, 6) is -0.730. The summed E-state index contributed by atoms with van der Waals surface area (Å²) >= 11 is 6.07. The molecule has 26 heavy (non-hydrogen) atoms. The Hall–Kier alpha value is -1.17. The summed E-state index contributed by atoms with van der Waals surface area (Å²) in [4.78, 5) is 14.4. The zero-order valence-corrected chi connectivity index (χ0v) is 16.4. The lowest BCUT2D eigenvalue weighted by molar-refractivity contribution is -0.205. The monoisotopic (exact) mass is 383 g/mol. The van der Waals surface area contributed by atoms with Crippen LogP contribution in [0.5, 0.6) is 0 Å². The molecule has 1 N–H and O–H groups in total. The maximum absolute atomic E-state index is 13.5. The maximum atomic E-state index is 13.5. The number of hydrogen-bond acceptors (Lipinski definition) is 3. The fourth-order valence-corrected chi connectivity index (χ4v) is 4.16. The SMILES string of the molecule is CC(C)(C)[C@H]1C[C@@H](O)CC2(CCN(C(=O)c3cc(F)ccc3Cl)CC2)O1.